The second-order valence-electron chi connectivity index (χ2n) is 5.05. The first kappa shape index (κ1) is 14.6. The van der Waals surface area contributed by atoms with Crippen LogP contribution in [0.1, 0.15) is 10.4 Å². The quantitative estimate of drug-likeness (QED) is 0.374. The number of benzene rings is 1. The SMILES string of the molecule is O=Cc1ccc(-c2cc(-c3cccs3)sc2-c2cccs2)cc1. The van der Waals surface area contributed by atoms with E-state index in [2.05, 4.69) is 41.1 Å². The molecular formula is C19H12OS3. The topological polar surface area (TPSA) is 17.1 Å². The van der Waals surface area contributed by atoms with Gasteiger partial charge in [0.2, 0.25) is 0 Å². The van der Waals surface area contributed by atoms with E-state index in [-0.39, 0.29) is 0 Å². The Kier molecular flexibility index (Phi) is 3.95. The van der Waals surface area contributed by atoms with Gasteiger partial charge in [-0.15, -0.1) is 34.0 Å². The lowest BCUT2D eigenvalue weighted by Crippen LogP contribution is -1.81. The van der Waals surface area contributed by atoms with Gasteiger partial charge in [0.25, 0.3) is 0 Å². The van der Waals surface area contributed by atoms with Crippen molar-refractivity contribution in [2.45, 2.75) is 0 Å². The van der Waals surface area contributed by atoms with E-state index in [1.165, 1.54) is 25.1 Å². The Morgan fingerprint density at radius 2 is 1.48 bits per heavy atom. The number of hydrogen-bond acceptors (Lipinski definition) is 4. The van der Waals surface area contributed by atoms with Crippen molar-refractivity contribution in [2.75, 3.05) is 0 Å². The standard InChI is InChI=1S/C19H12OS3/c20-12-13-5-7-14(8-6-13)15-11-18(16-3-1-9-21-16)23-19(15)17-4-2-10-22-17/h1-12H. The molecule has 4 heteroatoms. The summed E-state index contributed by atoms with van der Waals surface area (Å²) in [7, 11) is 0. The van der Waals surface area contributed by atoms with Gasteiger partial charge in [0.15, 0.2) is 0 Å². The van der Waals surface area contributed by atoms with Crippen LogP contribution in [0.5, 0.6) is 0 Å². The van der Waals surface area contributed by atoms with E-state index in [0.29, 0.717) is 5.56 Å². The van der Waals surface area contributed by atoms with Crippen molar-refractivity contribution >= 4 is 40.3 Å². The Hall–Kier alpha value is -2.01. The Balaban J connectivity index is 1.87. The lowest BCUT2D eigenvalue weighted by molar-refractivity contribution is 0.112. The maximum Gasteiger partial charge on any atom is 0.150 e. The summed E-state index contributed by atoms with van der Waals surface area (Å²) in [6.45, 7) is 0. The minimum absolute atomic E-state index is 0.708. The summed E-state index contributed by atoms with van der Waals surface area (Å²) in [5, 5.41) is 4.22. The normalized spacial score (nSPS) is 10.8. The molecule has 0 N–H and O–H groups in total. The smallest absolute Gasteiger partial charge is 0.150 e. The molecule has 0 radical (unpaired) electrons. The molecule has 0 aliphatic carbocycles. The van der Waals surface area contributed by atoms with E-state index in [1.807, 2.05) is 35.6 Å². The van der Waals surface area contributed by atoms with Crippen LogP contribution in [0, 0.1) is 0 Å². The molecule has 0 amide bonds. The first-order valence-electron chi connectivity index (χ1n) is 7.12. The molecule has 4 rings (SSSR count). The molecule has 0 aliphatic heterocycles. The molecule has 0 unspecified atom stereocenters. The van der Waals surface area contributed by atoms with Crippen LogP contribution in [-0.2, 0) is 0 Å². The van der Waals surface area contributed by atoms with Gasteiger partial charge in [-0.25, -0.2) is 0 Å². The van der Waals surface area contributed by atoms with Gasteiger partial charge in [0.1, 0.15) is 6.29 Å². The summed E-state index contributed by atoms with van der Waals surface area (Å²) in [6.07, 6.45) is 0.884. The molecule has 3 heterocycles. The van der Waals surface area contributed by atoms with E-state index in [4.69, 9.17) is 0 Å². The first-order valence-corrected chi connectivity index (χ1v) is 9.70. The summed E-state index contributed by atoms with van der Waals surface area (Å²) in [5.74, 6) is 0. The molecule has 4 aromatic rings. The third-order valence-corrected chi connectivity index (χ3v) is 6.85. The van der Waals surface area contributed by atoms with Crippen molar-refractivity contribution in [1.29, 1.82) is 0 Å². The van der Waals surface area contributed by atoms with Crippen LogP contribution in [0.2, 0.25) is 0 Å². The second kappa shape index (κ2) is 6.24. The molecule has 1 aromatic carbocycles. The third kappa shape index (κ3) is 2.81. The maximum absolute atomic E-state index is 10.9. The summed E-state index contributed by atoms with van der Waals surface area (Å²) >= 11 is 5.36. The van der Waals surface area contributed by atoms with Crippen LogP contribution in [0.3, 0.4) is 0 Å². The van der Waals surface area contributed by atoms with E-state index in [9.17, 15) is 4.79 Å². The van der Waals surface area contributed by atoms with Gasteiger partial charge in [0, 0.05) is 25.8 Å². The highest BCUT2D eigenvalue weighted by atomic mass is 32.1. The number of aldehydes is 1. The lowest BCUT2D eigenvalue weighted by Gasteiger charge is -2.02. The second-order valence-corrected chi connectivity index (χ2v) is 8.00. The van der Waals surface area contributed by atoms with Crippen LogP contribution in [0.15, 0.2) is 65.4 Å². The molecule has 0 saturated heterocycles. The molecule has 0 atom stereocenters. The van der Waals surface area contributed by atoms with Gasteiger partial charge in [-0.3, -0.25) is 4.79 Å². The Morgan fingerprint density at radius 3 is 2.09 bits per heavy atom. The molecule has 112 valence electrons. The van der Waals surface area contributed by atoms with Crippen molar-refractivity contribution in [1.82, 2.24) is 0 Å². The molecule has 0 bridgehead atoms. The van der Waals surface area contributed by atoms with Crippen LogP contribution >= 0.6 is 34.0 Å². The zero-order valence-electron chi connectivity index (χ0n) is 12.1. The largest absolute Gasteiger partial charge is 0.298 e. The van der Waals surface area contributed by atoms with Crippen molar-refractivity contribution in [2.24, 2.45) is 0 Å². The van der Waals surface area contributed by atoms with Gasteiger partial charge in [0.05, 0.1) is 4.88 Å². The minimum atomic E-state index is 0.708. The molecule has 1 nitrogen and oxygen atoms in total. The van der Waals surface area contributed by atoms with E-state index in [0.717, 1.165) is 11.8 Å². The van der Waals surface area contributed by atoms with Crippen LogP contribution in [-0.4, -0.2) is 6.29 Å². The van der Waals surface area contributed by atoms with Gasteiger partial charge < -0.3 is 0 Å². The summed E-state index contributed by atoms with van der Waals surface area (Å²) < 4.78 is 0. The zero-order chi connectivity index (χ0) is 15.6. The predicted molar refractivity (Wildman–Crippen MR) is 102 cm³/mol. The van der Waals surface area contributed by atoms with Crippen LogP contribution in [0.4, 0.5) is 0 Å². The molecule has 0 saturated carbocycles. The van der Waals surface area contributed by atoms with Crippen molar-refractivity contribution < 1.29 is 4.79 Å². The number of hydrogen-bond donors (Lipinski definition) is 0. The molecule has 3 aromatic heterocycles. The fraction of sp³-hybridized carbons (Fsp3) is 0. The highest BCUT2D eigenvalue weighted by molar-refractivity contribution is 7.26. The molecule has 0 aliphatic rings. The molecule has 23 heavy (non-hydrogen) atoms. The predicted octanol–water partition coefficient (Wildman–Crippen LogP) is 6.68. The van der Waals surface area contributed by atoms with Gasteiger partial charge in [-0.05, 0) is 34.5 Å². The summed E-state index contributed by atoms with van der Waals surface area (Å²) in [5.41, 5.74) is 3.09. The van der Waals surface area contributed by atoms with E-state index >= 15 is 0 Å². The fourth-order valence-corrected chi connectivity index (χ4v) is 5.35. The van der Waals surface area contributed by atoms with Gasteiger partial charge >= 0.3 is 0 Å². The zero-order valence-corrected chi connectivity index (χ0v) is 14.5. The van der Waals surface area contributed by atoms with Gasteiger partial charge in [-0.2, -0.15) is 0 Å². The monoisotopic (exact) mass is 352 g/mol. The van der Waals surface area contributed by atoms with E-state index in [1.54, 1.807) is 22.7 Å². The van der Waals surface area contributed by atoms with Crippen LogP contribution < -0.4 is 0 Å². The third-order valence-electron chi connectivity index (χ3n) is 3.60. The Bertz CT molecular complexity index is 914. The molecular weight excluding hydrogens is 340 g/mol. The van der Waals surface area contributed by atoms with E-state index < -0.39 is 0 Å². The van der Waals surface area contributed by atoms with Crippen molar-refractivity contribution in [3.8, 4) is 30.6 Å². The Labute approximate surface area is 146 Å². The highest BCUT2D eigenvalue weighted by Crippen LogP contribution is 2.45. The fourth-order valence-electron chi connectivity index (χ4n) is 2.48. The summed E-state index contributed by atoms with van der Waals surface area (Å²) in [4.78, 5) is 16.0. The highest BCUT2D eigenvalue weighted by Gasteiger charge is 2.15. The number of thiophene rings is 3. The molecule has 0 fully saturated rings. The Morgan fingerprint density at radius 1 is 0.783 bits per heavy atom. The first-order chi connectivity index (χ1) is 11.3. The minimum Gasteiger partial charge on any atom is -0.298 e. The molecule has 0 spiro atoms. The number of carbonyl (C=O) groups is 1. The number of carbonyl (C=O) groups excluding carboxylic acids is 1. The van der Waals surface area contributed by atoms with Gasteiger partial charge in [-0.1, -0.05) is 36.4 Å². The van der Waals surface area contributed by atoms with Crippen molar-refractivity contribution in [3.63, 3.8) is 0 Å². The maximum atomic E-state index is 10.9. The summed E-state index contributed by atoms with van der Waals surface area (Å²) in [6, 6.07) is 18.6. The van der Waals surface area contributed by atoms with Crippen molar-refractivity contribution in [3.05, 3.63) is 70.9 Å². The number of rotatable bonds is 4. The van der Waals surface area contributed by atoms with Crippen LogP contribution in [0.25, 0.3) is 30.6 Å². The average molecular weight is 353 g/mol. The average Bonchev–Trinajstić information content (AvgIpc) is 3.34. The lowest BCUT2D eigenvalue weighted by atomic mass is 10.0.